The zero-order chi connectivity index (χ0) is 23.5. The molecule has 1 fully saturated rings. The number of hydrogen-bond donors (Lipinski definition) is 2. The van der Waals surface area contributed by atoms with Gasteiger partial charge in [0.2, 0.25) is 0 Å². The van der Waals surface area contributed by atoms with Crippen molar-refractivity contribution in [2.75, 3.05) is 18.0 Å². The number of alkyl carbamates (subject to hydrolysis) is 1. The lowest BCUT2D eigenvalue weighted by Crippen LogP contribution is -2.37. The number of aromatic nitrogens is 2. The monoisotopic (exact) mass is 458 g/mol. The Balaban J connectivity index is 1.36. The summed E-state index contributed by atoms with van der Waals surface area (Å²) in [6, 6.07) is 20.5. The molecule has 2 N–H and O–H groups in total. The number of ether oxygens (including phenoxy) is 1. The summed E-state index contributed by atoms with van der Waals surface area (Å²) in [5, 5.41) is 13.8. The van der Waals surface area contributed by atoms with Gasteiger partial charge >= 0.3 is 6.09 Å². The molecule has 172 valence electrons. The lowest BCUT2D eigenvalue weighted by molar-refractivity contribution is 0.136. The Morgan fingerprint density at radius 2 is 1.88 bits per heavy atom. The smallest absolute Gasteiger partial charge is 0.407 e. The zero-order valence-electron chi connectivity index (χ0n) is 18.3. The number of hydrogen-bond acceptors (Lipinski definition) is 6. The van der Waals surface area contributed by atoms with Crippen molar-refractivity contribution in [3.8, 4) is 17.1 Å². The molecule has 0 radical (unpaired) electrons. The topological polar surface area (TPSA) is 87.6 Å². The second-order valence-electron chi connectivity index (χ2n) is 8.19. The summed E-state index contributed by atoms with van der Waals surface area (Å²) in [6.07, 6.45) is 0.205. The van der Waals surface area contributed by atoms with Crippen molar-refractivity contribution in [2.24, 2.45) is 0 Å². The SMILES string of the molecule is O=C(NC1CCN(c2nc(-c3ccccc3O)nc3ccc(F)cc23)C1)OCc1ccccc1. The highest BCUT2D eigenvalue weighted by Crippen LogP contribution is 2.33. The maximum Gasteiger partial charge on any atom is 0.407 e. The molecule has 1 aromatic heterocycles. The van der Waals surface area contributed by atoms with E-state index in [0.29, 0.717) is 47.6 Å². The van der Waals surface area contributed by atoms with Crippen molar-refractivity contribution in [2.45, 2.75) is 19.1 Å². The van der Waals surface area contributed by atoms with Crippen LogP contribution < -0.4 is 10.2 Å². The lowest BCUT2D eigenvalue weighted by atomic mass is 10.1. The number of nitrogens with one attached hydrogen (secondary N) is 1. The minimum Gasteiger partial charge on any atom is -0.507 e. The summed E-state index contributed by atoms with van der Waals surface area (Å²) in [6.45, 7) is 1.30. The summed E-state index contributed by atoms with van der Waals surface area (Å²) in [7, 11) is 0. The van der Waals surface area contributed by atoms with Crippen LogP contribution >= 0.6 is 0 Å². The fourth-order valence-corrected chi connectivity index (χ4v) is 4.11. The molecule has 1 amide bonds. The third-order valence-electron chi connectivity index (χ3n) is 5.81. The molecule has 1 aliphatic rings. The van der Waals surface area contributed by atoms with Gasteiger partial charge in [-0.15, -0.1) is 0 Å². The van der Waals surface area contributed by atoms with Crippen LogP contribution in [0.15, 0.2) is 72.8 Å². The number of aromatic hydroxyl groups is 1. The van der Waals surface area contributed by atoms with Crippen molar-refractivity contribution in [1.29, 1.82) is 0 Å². The molecule has 5 rings (SSSR count). The molecule has 3 aromatic carbocycles. The van der Waals surface area contributed by atoms with Crippen LogP contribution in [0.4, 0.5) is 15.0 Å². The number of phenolic OH excluding ortho intramolecular Hbond substituents is 1. The first-order chi connectivity index (χ1) is 16.6. The Hall–Kier alpha value is -4.20. The van der Waals surface area contributed by atoms with Gasteiger partial charge in [0.15, 0.2) is 5.82 Å². The third kappa shape index (κ3) is 4.61. The highest BCUT2D eigenvalue weighted by atomic mass is 19.1. The second-order valence-corrected chi connectivity index (χ2v) is 8.19. The van der Waals surface area contributed by atoms with Gasteiger partial charge in [0, 0.05) is 18.5 Å². The predicted molar refractivity (Wildman–Crippen MR) is 127 cm³/mol. The Labute approximate surface area is 195 Å². The predicted octanol–water partition coefficient (Wildman–Crippen LogP) is 4.65. The molecule has 0 saturated carbocycles. The number of benzene rings is 3. The van der Waals surface area contributed by atoms with Crippen molar-refractivity contribution in [3.05, 3.63) is 84.2 Å². The Bertz CT molecular complexity index is 1330. The quantitative estimate of drug-likeness (QED) is 0.453. The first-order valence-electron chi connectivity index (χ1n) is 11.0. The van der Waals surface area contributed by atoms with Crippen LogP contribution in [0, 0.1) is 5.82 Å². The van der Waals surface area contributed by atoms with Crippen LogP contribution in [0.2, 0.25) is 0 Å². The number of carbonyl (C=O) groups is 1. The van der Waals surface area contributed by atoms with Gasteiger partial charge in [-0.3, -0.25) is 0 Å². The number of carbonyl (C=O) groups excluding carboxylic acids is 1. The highest BCUT2D eigenvalue weighted by Gasteiger charge is 2.27. The number of phenols is 1. The van der Waals surface area contributed by atoms with E-state index in [9.17, 15) is 14.3 Å². The second kappa shape index (κ2) is 9.35. The fraction of sp³-hybridized carbons (Fsp3) is 0.192. The van der Waals surface area contributed by atoms with E-state index in [1.54, 1.807) is 30.3 Å². The molecule has 8 heteroatoms. The van der Waals surface area contributed by atoms with Gasteiger partial charge in [-0.05, 0) is 42.3 Å². The molecule has 34 heavy (non-hydrogen) atoms. The minimum absolute atomic E-state index is 0.0667. The van der Waals surface area contributed by atoms with E-state index in [1.165, 1.54) is 12.1 Å². The number of nitrogens with zero attached hydrogens (tertiary/aromatic N) is 3. The standard InChI is InChI=1S/C26H23FN4O3/c27-18-10-11-22-21(14-18)25(30-24(29-22)20-8-4-5-9-23(20)32)31-13-12-19(15-31)28-26(33)34-16-17-6-2-1-3-7-17/h1-11,14,19,32H,12-13,15-16H2,(H,28,33). The van der Waals surface area contributed by atoms with E-state index in [0.717, 1.165) is 5.56 Å². The third-order valence-corrected chi connectivity index (χ3v) is 5.81. The highest BCUT2D eigenvalue weighted by molar-refractivity contribution is 5.91. The van der Waals surface area contributed by atoms with Crippen molar-refractivity contribution in [1.82, 2.24) is 15.3 Å². The van der Waals surface area contributed by atoms with Gasteiger partial charge in [-0.1, -0.05) is 42.5 Å². The van der Waals surface area contributed by atoms with E-state index >= 15 is 0 Å². The van der Waals surface area contributed by atoms with Crippen molar-refractivity contribution < 1.29 is 19.0 Å². The van der Waals surface area contributed by atoms with Gasteiger partial charge < -0.3 is 20.1 Å². The first-order valence-corrected chi connectivity index (χ1v) is 11.0. The van der Waals surface area contributed by atoms with Crippen LogP contribution in [0.25, 0.3) is 22.3 Å². The van der Waals surface area contributed by atoms with E-state index in [2.05, 4.69) is 15.3 Å². The van der Waals surface area contributed by atoms with Gasteiger partial charge in [0.05, 0.1) is 17.1 Å². The van der Waals surface area contributed by atoms with E-state index in [-0.39, 0.29) is 24.2 Å². The molecule has 4 aromatic rings. The number of para-hydroxylation sites is 1. The Morgan fingerprint density at radius 3 is 2.71 bits per heavy atom. The molecular formula is C26H23FN4O3. The van der Waals surface area contributed by atoms with E-state index in [1.807, 2.05) is 35.2 Å². The van der Waals surface area contributed by atoms with Crippen LogP contribution in [0.5, 0.6) is 5.75 Å². The molecular weight excluding hydrogens is 435 g/mol. The fourth-order valence-electron chi connectivity index (χ4n) is 4.11. The number of anilines is 1. The largest absolute Gasteiger partial charge is 0.507 e. The number of amides is 1. The molecule has 0 bridgehead atoms. The van der Waals surface area contributed by atoms with Crippen LogP contribution in [-0.2, 0) is 11.3 Å². The Kier molecular flexibility index (Phi) is 5.95. The minimum atomic E-state index is -0.482. The molecule has 2 heterocycles. The van der Waals surface area contributed by atoms with Gasteiger partial charge in [0.25, 0.3) is 0 Å². The molecule has 1 unspecified atom stereocenters. The average Bonchev–Trinajstić information content (AvgIpc) is 3.31. The van der Waals surface area contributed by atoms with Gasteiger partial charge in [0.1, 0.15) is 24.0 Å². The van der Waals surface area contributed by atoms with Crippen molar-refractivity contribution in [3.63, 3.8) is 0 Å². The van der Waals surface area contributed by atoms with Crippen LogP contribution in [0.3, 0.4) is 0 Å². The number of fused-ring (bicyclic) bond motifs is 1. The molecule has 1 saturated heterocycles. The van der Waals surface area contributed by atoms with Crippen molar-refractivity contribution >= 4 is 22.8 Å². The van der Waals surface area contributed by atoms with Crippen LogP contribution in [0.1, 0.15) is 12.0 Å². The summed E-state index contributed by atoms with van der Waals surface area (Å²) < 4.78 is 19.4. The van der Waals surface area contributed by atoms with E-state index < -0.39 is 6.09 Å². The number of halogens is 1. The summed E-state index contributed by atoms with van der Waals surface area (Å²) in [5.41, 5.74) is 1.98. The lowest BCUT2D eigenvalue weighted by Gasteiger charge is -2.20. The molecule has 7 nitrogen and oxygen atoms in total. The molecule has 0 aliphatic carbocycles. The normalized spacial score (nSPS) is 15.4. The summed E-state index contributed by atoms with van der Waals surface area (Å²) in [4.78, 5) is 23.5. The molecule has 1 atom stereocenters. The first kappa shape index (κ1) is 21.6. The number of rotatable bonds is 5. The average molecular weight is 458 g/mol. The Morgan fingerprint density at radius 1 is 1.09 bits per heavy atom. The zero-order valence-corrected chi connectivity index (χ0v) is 18.3. The molecule has 1 aliphatic heterocycles. The maximum atomic E-state index is 14.1. The van der Waals surface area contributed by atoms with E-state index in [4.69, 9.17) is 4.74 Å². The summed E-state index contributed by atoms with van der Waals surface area (Å²) >= 11 is 0. The van der Waals surface area contributed by atoms with Crippen LogP contribution in [-0.4, -0.2) is 40.3 Å². The van der Waals surface area contributed by atoms with Gasteiger partial charge in [-0.2, -0.15) is 0 Å². The maximum absolute atomic E-state index is 14.1. The molecule has 0 spiro atoms. The van der Waals surface area contributed by atoms with Gasteiger partial charge in [-0.25, -0.2) is 19.2 Å². The summed E-state index contributed by atoms with van der Waals surface area (Å²) in [5.74, 6) is 0.596.